The summed E-state index contributed by atoms with van der Waals surface area (Å²) in [5.41, 5.74) is 9.81. The SMILES string of the molecule is NC(=NCc1cnn(C[C@@H]2[C@H](NC(=O)/C(=N\OC3(C(=O)O)CC3)c3csc(N)n3)C(=O)N2S(=O)(=O)O)n1)N[C@H]1CCNC1. The highest BCUT2D eigenvalue weighted by atomic mass is 32.2. The van der Waals surface area contributed by atoms with Crippen LogP contribution in [0.3, 0.4) is 0 Å². The topological polar surface area (TPSA) is 295 Å². The Hall–Kier alpha value is -4.41. The molecule has 2 aromatic rings. The van der Waals surface area contributed by atoms with E-state index in [-0.39, 0.29) is 53.1 Å². The number of aliphatic imine (C=N–C) groups is 1. The molecule has 43 heavy (non-hydrogen) atoms. The molecular formula is C21H28N12O8S2. The van der Waals surface area contributed by atoms with Gasteiger partial charge in [-0.2, -0.15) is 23.4 Å². The van der Waals surface area contributed by atoms with Crippen LogP contribution in [0.15, 0.2) is 21.7 Å². The lowest BCUT2D eigenvalue weighted by molar-refractivity contribution is -0.153. The first-order valence-electron chi connectivity index (χ1n) is 12.8. The number of hydrogen-bond donors (Lipinski definition) is 7. The van der Waals surface area contributed by atoms with Gasteiger partial charge in [0.15, 0.2) is 16.8 Å². The van der Waals surface area contributed by atoms with Crippen LogP contribution in [0.2, 0.25) is 0 Å². The number of anilines is 1. The third kappa shape index (κ3) is 6.65. The van der Waals surface area contributed by atoms with Crippen LogP contribution in [0, 0.1) is 0 Å². The number of carboxylic acids is 1. The molecule has 20 nitrogen and oxygen atoms in total. The second kappa shape index (κ2) is 11.7. The Bertz CT molecular complexity index is 1580. The zero-order valence-electron chi connectivity index (χ0n) is 22.3. The van der Waals surface area contributed by atoms with Gasteiger partial charge in [-0.1, -0.05) is 5.16 Å². The van der Waals surface area contributed by atoms with E-state index in [1.54, 1.807) is 0 Å². The lowest BCUT2D eigenvalue weighted by atomic mass is 9.98. The van der Waals surface area contributed by atoms with E-state index in [2.05, 4.69) is 41.3 Å². The van der Waals surface area contributed by atoms with Crippen molar-refractivity contribution in [1.29, 1.82) is 0 Å². The summed E-state index contributed by atoms with van der Waals surface area (Å²) in [6.45, 7) is 1.34. The van der Waals surface area contributed by atoms with Crippen LogP contribution in [-0.2, 0) is 42.6 Å². The van der Waals surface area contributed by atoms with Gasteiger partial charge in [-0.15, -0.1) is 11.3 Å². The molecule has 0 unspecified atom stereocenters. The predicted molar refractivity (Wildman–Crippen MR) is 148 cm³/mol. The molecule has 2 aliphatic heterocycles. The zero-order chi connectivity index (χ0) is 30.9. The molecule has 0 bridgehead atoms. The summed E-state index contributed by atoms with van der Waals surface area (Å²) in [6.07, 6.45) is 2.59. The number of oxime groups is 1. The first-order chi connectivity index (χ1) is 20.4. The third-order valence-corrected chi connectivity index (χ3v) is 8.47. The van der Waals surface area contributed by atoms with Crippen LogP contribution in [0.4, 0.5) is 5.13 Å². The van der Waals surface area contributed by atoms with Crippen LogP contribution in [0.1, 0.15) is 30.7 Å². The molecule has 0 spiro atoms. The molecular weight excluding hydrogens is 612 g/mol. The quantitative estimate of drug-likeness (QED) is 0.0391. The van der Waals surface area contributed by atoms with Gasteiger partial charge in [0.2, 0.25) is 5.60 Å². The van der Waals surface area contributed by atoms with Crippen molar-refractivity contribution in [2.75, 3.05) is 18.8 Å². The molecule has 3 atom stereocenters. The minimum Gasteiger partial charge on any atom is -0.478 e. The molecule has 22 heteroatoms. The van der Waals surface area contributed by atoms with Crippen molar-refractivity contribution in [1.82, 2.24) is 40.2 Å². The molecule has 3 aliphatic rings. The average Bonchev–Trinajstić information content (AvgIpc) is 3.25. The Labute approximate surface area is 247 Å². The predicted octanol–water partition coefficient (Wildman–Crippen LogP) is -3.38. The number of nitrogens with zero attached hydrogens (tertiary/aromatic N) is 7. The highest BCUT2D eigenvalue weighted by Gasteiger charge is 2.56. The molecule has 1 saturated carbocycles. The highest BCUT2D eigenvalue weighted by molar-refractivity contribution is 7.84. The van der Waals surface area contributed by atoms with Gasteiger partial charge in [0, 0.05) is 30.8 Å². The summed E-state index contributed by atoms with van der Waals surface area (Å²) in [5, 5.41) is 31.4. The Balaban J connectivity index is 1.30. The molecule has 0 radical (unpaired) electrons. The number of aromatic nitrogens is 4. The average molecular weight is 641 g/mol. The van der Waals surface area contributed by atoms with Crippen molar-refractivity contribution in [3.63, 3.8) is 0 Å². The Morgan fingerprint density at radius 1 is 1.33 bits per heavy atom. The lowest BCUT2D eigenvalue weighted by Crippen LogP contribution is -2.73. The number of rotatable bonds is 12. The number of amides is 2. The van der Waals surface area contributed by atoms with Crippen molar-refractivity contribution in [2.24, 2.45) is 15.9 Å². The maximum atomic E-state index is 13.2. The number of thiazole rings is 1. The van der Waals surface area contributed by atoms with E-state index in [4.69, 9.17) is 16.3 Å². The van der Waals surface area contributed by atoms with Crippen molar-refractivity contribution < 1.29 is 37.3 Å². The maximum Gasteiger partial charge on any atom is 0.362 e. The number of nitrogen functional groups attached to an aromatic ring is 1. The Morgan fingerprint density at radius 3 is 2.70 bits per heavy atom. The summed E-state index contributed by atoms with van der Waals surface area (Å²) >= 11 is 0.969. The van der Waals surface area contributed by atoms with Gasteiger partial charge in [-0.05, 0) is 13.0 Å². The molecule has 9 N–H and O–H groups in total. The highest BCUT2D eigenvalue weighted by Crippen LogP contribution is 2.40. The summed E-state index contributed by atoms with van der Waals surface area (Å²) in [7, 11) is -5.01. The summed E-state index contributed by atoms with van der Waals surface area (Å²) < 4.78 is 33.7. The number of guanidine groups is 1. The molecule has 2 amide bonds. The van der Waals surface area contributed by atoms with Crippen LogP contribution in [0.5, 0.6) is 0 Å². The lowest BCUT2D eigenvalue weighted by Gasteiger charge is -2.43. The van der Waals surface area contributed by atoms with Crippen molar-refractivity contribution in [3.05, 3.63) is 23.0 Å². The van der Waals surface area contributed by atoms with E-state index in [0.717, 1.165) is 35.6 Å². The van der Waals surface area contributed by atoms with Crippen LogP contribution < -0.4 is 27.4 Å². The fourth-order valence-electron chi connectivity index (χ4n) is 4.40. The normalized spacial score (nSPS) is 23.5. The largest absolute Gasteiger partial charge is 0.478 e. The Kier molecular flexibility index (Phi) is 8.18. The monoisotopic (exact) mass is 640 g/mol. The maximum absolute atomic E-state index is 13.2. The summed E-state index contributed by atoms with van der Waals surface area (Å²) in [4.78, 5) is 51.9. The van der Waals surface area contributed by atoms with Gasteiger partial charge < -0.3 is 37.4 Å². The molecule has 3 fully saturated rings. The third-order valence-electron chi connectivity index (χ3n) is 6.85. The van der Waals surface area contributed by atoms with Gasteiger partial charge in [0.05, 0.1) is 19.3 Å². The van der Waals surface area contributed by atoms with E-state index < -0.39 is 51.5 Å². The summed E-state index contributed by atoms with van der Waals surface area (Å²) in [5.74, 6) is -3.23. The van der Waals surface area contributed by atoms with Gasteiger partial charge in [-0.25, -0.2) is 19.1 Å². The number of aliphatic carboxylic acids is 1. The number of hydrogen-bond acceptors (Lipinski definition) is 14. The second-order valence-electron chi connectivity index (χ2n) is 9.96. The van der Waals surface area contributed by atoms with Gasteiger partial charge in [0.1, 0.15) is 23.5 Å². The second-order valence-corrected chi connectivity index (χ2v) is 12.1. The minimum absolute atomic E-state index is 0.0547. The van der Waals surface area contributed by atoms with Crippen molar-refractivity contribution >= 4 is 56.2 Å². The fraction of sp³-hybridized carbons (Fsp3) is 0.524. The van der Waals surface area contributed by atoms with E-state index in [1.807, 2.05) is 0 Å². The first kappa shape index (κ1) is 30.1. The number of nitrogens with one attached hydrogen (secondary N) is 3. The van der Waals surface area contributed by atoms with Crippen LogP contribution in [0.25, 0.3) is 0 Å². The number of β-lactam (4-membered cyclic amide) rings is 1. The fourth-order valence-corrected chi connectivity index (χ4v) is 5.82. The van der Waals surface area contributed by atoms with Gasteiger partial charge in [-0.3, -0.25) is 14.1 Å². The Morgan fingerprint density at radius 2 is 2.09 bits per heavy atom. The first-order valence-corrected chi connectivity index (χ1v) is 15.1. The minimum atomic E-state index is -5.01. The molecule has 2 saturated heterocycles. The van der Waals surface area contributed by atoms with Gasteiger partial charge >= 0.3 is 16.3 Å². The molecule has 5 rings (SSSR count). The van der Waals surface area contributed by atoms with Crippen LogP contribution >= 0.6 is 11.3 Å². The van der Waals surface area contributed by atoms with E-state index in [1.165, 1.54) is 11.6 Å². The number of carbonyl (C=O) groups is 3. The zero-order valence-corrected chi connectivity index (χ0v) is 23.9. The van der Waals surface area contributed by atoms with E-state index in [0.29, 0.717) is 5.69 Å². The molecule has 232 valence electrons. The number of carbonyl (C=O) groups excluding carboxylic acids is 2. The van der Waals surface area contributed by atoms with E-state index >= 15 is 0 Å². The molecule has 2 aromatic heterocycles. The number of nitrogens with two attached hydrogens (primary N) is 2. The van der Waals surface area contributed by atoms with Crippen molar-refractivity contribution in [2.45, 2.75) is 56.1 Å². The molecule has 0 aromatic carbocycles. The van der Waals surface area contributed by atoms with Gasteiger partial charge in [0.25, 0.3) is 11.8 Å². The molecule has 1 aliphatic carbocycles. The van der Waals surface area contributed by atoms with Crippen LogP contribution in [-0.4, -0.2) is 109 Å². The standard InChI is InChI=1S/C21H28N12O8S2/c22-19(27-10-1-4-24-5-10)25-6-11-7-26-32(30-11)8-13-15(17(35)33(13)43(38,39)40)29-16(34)14(12-9-42-20(23)28-12)31-41-21(2-3-21)18(36)37/h7,9-10,13,15,24H,1-6,8H2,(H2,23,28)(H,29,34)(H,36,37)(H3,22,25,27)(H,38,39,40)/b31-14-/t10-,13+,15-/m0/s1. The summed E-state index contributed by atoms with van der Waals surface area (Å²) in [6, 6.07) is -2.66. The number of carboxylic acid groups (broad SMARTS) is 1. The molecule has 4 heterocycles. The van der Waals surface area contributed by atoms with E-state index in [9.17, 15) is 32.5 Å². The van der Waals surface area contributed by atoms with Crippen molar-refractivity contribution in [3.8, 4) is 0 Å². The smallest absolute Gasteiger partial charge is 0.362 e.